The molecule has 0 heterocycles. The van der Waals surface area contributed by atoms with Crippen LogP contribution in [0.2, 0.25) is 0 Å². The van der Waals surface area contributed by atoms with Crippen molar-refractivity contribution in [1.82, 2.24) is 10.2 Å². The molecule has 1 N–H and O–H groups in total. The summed E-state index contributed by atoms with van der Waals surface area (Å²) in [4.78, 5) is 14.4. The smallest absolute Gasteiger partial charge is 0.244 e. The third kappa shape index (κ3) is 5.50. The Balaban J connectivity index is 2.04. The predicted octanol–water partition coefficient (Wildman–Crippen LogP) is 3.14. The molecule has 0 saturated heterocycles. The van der Waals surface area contributed by atoms with Gasteiger partial charge in [-0.15, -0.1) is 0 Å². The first-order valence-electron chi connectivity index (χ1n) is 8.97. The molecule has 0 bridgehead atoms. The van der Waals surface area contributed by atoms with E-state index in [9.17, 15) is 4.79 Å². The number of hydrogen-bond acceptors (Lipinski definition) is 5. The summed E-state index contributed by atoms with van der Waals surface area (Å²) in [5, 5.41) is 2.96. The third-order valence-electron chi connectivity index (χ3n) is 4.43. The molecule has 1 amide bonds. The van der Waals surface area contributed by atoms with E-state index in [-0.39, 0.29) is 11.9 Å². The molecule has 0 aliphatic rings. The van der Waals surface area contributed by atoms with Gasteiger partial charge in [-0.3, -0.25) is 4.79 Å². The first-order chi connectivity index (χ1) is 13.5. The van der Waals surface area contributed by atoms with Crippen molar-refractivity contribution in [2.75, 3.05) is 42.0 Å². The number of benzene rings is 2. The molecule has 0 fully saturated rings. The van der Waals surface area contributed by atoms with Gasteiger partial charge in [0.25, 0.3) is 0 Å². The molecule has 0 radical (unpaired) electrons. The molecule has 2 aromatic carbocycles. The molecule has 150 valence electrons. The Morgan fingerprint density at radius 3 is 2.32 bits per heavy atom. The van der Waals surface area contributed by atoms with Gasteiger partial charge in [-0.1, -0.05) is 24.3 Å². The van der Waals surface area contributed by atoms with Gasteiger partial charge in [-0.2, -0.15) is 0 Å². The van der Waals surface area contributed by atoms with Gasteiger partial charge in [0.05, 0.1) is 27.4 Å². The highest BCUT2D eigenvalue weighted by molar-refractivity contribution is 5.91. The van der Waals surface area contributed by atoms with Crippen molar-refractivity contribution < 1.29 is 19.0 Å². The molecule has 2 rings (SSSR count). The molecule has 0 saturated carbocycles. The highest BCUT2D eigenvalue weighted by atomic mass is 16.5. The second-order valence-electron chi connectivity index (χ2n) is 6.41. The lowest BCUT2D eigenvalue weighted by Gasteiger charge is -2.26. The molecule has 0 aliphatic carbocycles. The molecule has 0 aromatic heterocycles. The van der Waals surface area contributed by atoms with Gasteiger partial charge in [-0.25, -0.2) is 0 Å². The Bertz CT molecular complexity index is 818. The predicted molar refractivity (Wildman–Crippen MR) is 111 cm³/mol. The molecular formula is C22H28N2O4. The number of carbonyl (C=O) groups is 1. The SMILES string of the molecule is COc1ccc(/C=C/C(=O)NCC(c2ccccc2OC)N(C)C)cc1OC. The van der Waals surface area contributed by atoms with Crippen LogP contribution in [0.1, 0.15) is 17.2 Å². The van der Waals surface area contributed by atoms with Crippen LogP contribution in [-0.2, 0) is 4.79 Å². The van der Waals surface area contributed by atoms with E-state index in [4.69, 9.17) is 14.2 Å². The summed E-state index contributed by atoms with van der Waals surface area (Å²) in [5.74, 6) is 1.90. The number of carbonyl (C=O) groups excluding carboxylic acids is 1. The lowest BCUT2D eigenvalue weighted by molar-refractivity contribution is -0.116. The fourth-order valence-electron chi connectivity index (χ4n) is 2.90. The molecule has 6 heteroatoms. The maximum atomic E-state index is 12.3. The third-order valence-corrected chi connectivity index (χ3v) is 4.43. The number of ether oxygens (including phenoxy) is 3. The van der Waals surface area contributed by atoms with Crippen molar-refractivity contribution in [1.29, 1.82) is 0 Å². The summed E-state index contributed by atoms with van der Waals surface area (Å²) in [7, 11) is 8.77. The summed E-state index contributed by atoms with van der Waals surface area (Å²) in [5.41, 5.74) is 1.88. The van der Waals surface area contributed by atoms with Crippen LogP contribution >= 0.6 is 0 Å². The number of hydrogen-bond donors (Lipinski definition) is 1. The Hall–Kier alpha value is -2.99. The standard InChI is InChI=1S/C22H28N2O4/c1-24(2)18(17-8-6-7-9-19(17)26-3)15-23-22(25)13-11-16-10-12-20(27-4)21(14-16)28-5/h6-14,18H,15H2,1-5H3,(H,23,25)/b13-11+. The van der Waals surface area contributed by atoms with Crippen LogP contribution in [0.3, 0.4) is 0 Å². The van der Waals surface area contributed by atoms with E-state index in [1.165, 1.54) is 6.08 Å². The fourth-order valence-corrected chi connectivity index (χ4v) is 2.90. The topological polar surface area (TPSA) is 60.0 Å². The van der Waals surface area contributed by atoms with Gasteiger partial charge in [0.15, 0.2) is 11.5 Å². The first kappa shape index (κ1) is 21.3. The Morgan fingerprint density at radius 2 is 1.68 bits per heavy atom. The fraction of sp³-hybridized carbons (Fsp3) is 0.318. The van der Waals surface area contributed by atoms with E-state index in [1.54, 1.807) is 33.5 Å². The highest BCUT2D eigenvalue weighted by Crippen LogP contribution is 2.28. The monoisotopic (exact) mass is 384 g/mol. The van der Waals surface area contributed by atoms with E-state index >= 15 is 0 Å². The van der Waals surface area contributed by atoms with Gasteiger partial charge in [-0.05, 0) is 43.9 Å². The van der Waals surface area contributed by atoms with Gasteiger partial charge in [0.2, 0.25) is 5.91 Å². The van der Waals surface area contributed by atoms with Crippen LogP contribution in [0, 0.1) is 0 Å². The first-order valence-corrected chi connectivity index (χ1v) is 8.97. The Morgan fingerprint density at radius 1 is 1.00 bits per heavy atom. The normalized spacial score (nSPS) is 12.1. The number of amides is 1. The van der Waals surface area contributed by atoms with Crippen LogP contribution in [0.4, 0.5) is 0 Å². The summed E-state index contributed by atoms with van der Waals surface area (Å²) in [6.07, 6.45) is 3.25. The van der Waals surface area contributed by atoms with Crippen molar-refractivity contribution in [3.05, 3.63) is 59.7 Å². The molecule has 1 unspecified atom stereocenters. The van der Waals surface area contributed by atoms with E-state index < -0.39 is 0 Å². The second-order valence-corrected chi connectivity index (χ2v) is 6.41. The van der Waals surface area contributed by atoms with E-state index in [0.29, 0.717) is 18.0 Å². The van der Waals surface area contributed by atoms with Crippen molar-refractivity contribution in [3.63, 3.8) is 0 Å². The number of rotatable bonds is 9. The number of para-hydroxylation sites is 1. The lowest BCUT2D eigenvalue weighted by atomic mass is 10.0. The minimum atomic E-state index is -0.170. The summed E-state index contributed by atoms with van der Waals surface area (Å²) in [6, 6.07) is 13.3. The summed E-state index contributed by atoms with van der Waals surface area (Å²) < 4.78 is 16.0. The minimum Gasteiger partial charge on any atom is -0.496 e. The molecule has 1 atom stereocenters. The second kappa shape index (κ2) is 10.4. The minimum absolute atomic E-state index is 0.00502. The van der Waals surface area contributed by atoms with Gasteiger partial charge in [0.1, 0.15) is 5.75 Å². The zero-order valence-corrected chi connectivity index (χ0v) is 17.1. The van der Waals surface area contributed by atoms with Crippen LogP contribution in [0.5, 0.6) is 17.2 Å². The molecule has 6 nitrogen and oxygen atoms in total. The maximum Gasteiger partial charge on any atom is 0.244 e. The molecule has 2 aromatic rings. The van der Waals surface area contributed by atoms with Crippen LogP contribution in [0.15, 0.2) is 48.5 Å². The molecular weight excluding hydrogens is 356 g/mol. The van der Waals surface area contributed by atoms with Gasteiger partial charge in [0, 0.05) is 18.2 Å². The largest absolute Gasteiger partial charge is 0.496 e. The van der Waals surface area contributed by atoms with Crippen molar-refractivity contribution in [2.45, 2.75) is 6.04 Å². The molecule has 0 aliphatic heterocycles. The van der Waals surface area contributed by atoms with Gasteiger partial charge < -0.3 is 24.4 Å². The number of likely N-dealkylation sites (N-methyl/N-ethyl adjacent to an activating group) is 1. The summed E-state index contributed by atoms with van der Waals surface area (Å²) >= 11 is 0. The molecule has 28 heavy (non-hydrogen) atoms. The molecule has 0 spiro atoms. The van der Waals surface area contributed by atoms with Crippen LogP contribution in [-0.4, -0.2) is 52.8 Å². The van der Waals surface area contributed by atoms with Crippen LogP contribution in [0.25, 0.3) is 6.08 Å². The quantitative estimate of drug-likeness (QED) is 0.673. The van der Waals surface area contributed by atoms with Crippen LogP contribution < -0.4 is 19.5 Å². The van der Waals surface area contributed by atoms with Crippen molar-refractivity contribution in [2.24, 2.45) is 0 Å². The number of methoxy groups -OCH3 is 3. The Kier molecular flexibility index (Phi) is 7.89. The maximum absolute atomic E-state index is 12.3. The van der Waals surface area contributed by atoms with E-state index in [0.717, 1.165) is 16.9 Å². The average molecular weight is 384 g/mol. The van der Waals surface area contributed by atoms with Gasteiger partial charge >= 0.3 is 0 Å². The van der Waals surface area contributed by atoms with E-state index in [1.807, 2.05) is 50.5 Å². The lowest BCUT2D eigenvalue weighted by Crippen LogP contribution is -2.33. The zero-order valence-electron chi connectivity index (χ0n) is 17.1. The summed E-state index contributed by atoms with van der Waals surface area (Å²) in [6.45, 7) is 0.461. The van der Waals surface area contributed by atoms with Crippen molar-refractivity contribution in [3.8, 4) is 17.2 Å². The van der Waals surface area contributed by atoms with Crippen molar-refractivity contribution >= 4 is 12.0 Å². The average Bonchev–Trinajstić information content (AvgIpc) is 2.72. The van der Waals surface area contributed by atoms with E-state index in [2.05, 4.69) is 10.2 Å². The Labute approximate surface area is 166 Å². The number of nitrogens with one attached hydrogen (secondary N) is 1. The zero-order chi connectivity index (χ0) is 20.5. The highest BCUT2D eigenvalue weighted by Gasteiger charge is 2.18. The number of nitrogens with zero attached hydrogens (tertiary/aromatic N) is 1.